The van der Waals surface area contributed by atoms with Crippen molar-refractivity contribution >= 4 is 22.8 Å². The molecule has 0 unspecified atom stereocenters. The lowest BCUT2D eigenvalue weighted by atomic mass is 10.1. The zero-order chi connectivity index (χ0) is 17.2. The molecule has 0 aliphatic carbocycles. The van der Waals surface area contributed by atoms with E-state index in [-0.39, 0.29) is 11.9 Å². The van der Waals surface area contributed by atoms with E-state index in [4.69, 9.17) is 0 Å². The van der Waals surface area contributed by atoms with Crippen molar-refractivity contribution in [2.75, 3.05) is 5.32 Å². The number of rotatable bonds is 3. The second-order valence-electron chi connectivity index (χ2n) is 5.53. The van der Waals surface area contributed by atoms with Crippen molar-refractivity contribution in [3.8, 4) is 11.4 Å². The molecule has 0 radical (unpaired) electrons. The van der Waals surface area contributed by atoms with Crippen molar-refractivity contribution in [1.29, 1.82) is 0 Å². The highest BCUT2D eigenvalue weighted by Gasteiger charge is 2.14. The molecule has 1 aromatic carbocycles. The summed E-state index contributed by atoms with van der Waals surface area (Å²) in [5.74, 6) is 0.505. The van der Waals surface area contributed by atoms with Crippen molar-refractivity contribution in [2.24, 2.45) is 0 Å². The van der Waals surface area contributed by atoms with Gasteiger partial charge in [-0.25, -0.2) is 0 Å². The van der Waals surface area contributed by atoms with E-state index in [0.717, 1.165) is 22.2 Å². The number of fused-ring (bicyclic) bond motifs is 1. The van der Waals surface area contributed by atoms with Crippen LogP contribution >= 0.6 is 0 Å². The Hall–Kier alpha value is -3.61. The summed E-state index contributed by atoms with van der Waals surface area (Å²) in [6, 6.07) is 12.9. The van der Waals surface area contributed by atoms with Crippen molar-refractivity contribution in [3.63, 3.8) is 0 Å². The van der Waals surface area contributed by atoms with Gasteiger partial charge in [-0.2, -0.15) is 4.98 Å². The van der Waals surface area contributed by atoms with Crippen LogP contribution in [-0.4, -0.2) is 31.1 Å². The van der Waals surface area contributed by atoms with Crippen LogP contribution in [0.5, 0.6) is 0 Å². The number of aryl methyl sites for hydroxylation is 1. The number of hydrogen-bond donors (Lipinski definition) is 2. The third-order valence-corrected chi connectivity index (χ3v) is 3.75. The first kappa shape index (κ1) is 14.9. The molecule has 3 aromatic heterocycles. The number of pyridine rings is 2. The monoisotopic (exact) mass is 330 g/mol. The van der Waals surface area contributed by atoms with Crippen LogP contribution in [0.25, 0.3) is 22.3 Å². The lowest BCUT2D eigenvalue weighted by Gasteiger charge is -2.06. The average molecular weight is 330 g/mol. The predicted octanol–water partition coefficient (Wildman–Crippen LogP) is 2.98. The first-order chi connectivity index (χ1) is 12.2. The number of aromatic nitrogens is 5. The molecule has 0 atom stereocenters. The maximum atomic E-state index is 12.7. The van der Waals surface area contributed by atoms with Crippen LogP contribution in [0, 0.1) is 6.92 Å². The lowest BCUT2D eigenvalue weighted by molar-refractivity contribution is 0.102. The summed E-state index contributed by atoms with van der Waals surface area (Å²) in [5, 5.41) is 10.4. The van der Waals surface area contributed by atoms with Gasteiger partial charge in [0.25, 0.3) is 5.91 Å². The van der Waals surface area contributed by atoms with Crippen molar-refractivity contribution in [2.45, 2.75) is 6.92 Å². The predicted molar refractivity (Wildman–Crippen MR) is 94.0 cm³/mol. The fourth-order valence-electron chi connectivity index (χ4n) is 2.62. The molecule has 0 fully saturated rings. The molecule has 7 nitrogen and oxygen atoms in total. The van der Waals surface area contributed by atoms with Gasteiger partial charge >= 0.3 is 0 Å². The lowest BCUT2D eigenvalue weighted by Crippen LogP contribution is -2.14. The summed E-state index contributed by atoms with van der Waals surface area (Å²) >= 11 is 0. The standard InChI is InChI=1S/C18H14N6O/c1-11-10-14(13-4-2-3-5-15(13)20-11)17(25)22-18-21-16(23-24-18)12-6-8-19-9-7-12/h2-10H,1H3,(H2,21,22,23,24,25). The van der Waals surface area contributed by atoms with Crippen molar-refractivity contribution in [1.82, 2.24) is 25.1 Å². The first-order valence-electron chi connectivity index (χ1n) is 7.71. The average Bonchev–Trinajstić information content (AvgIpc) is 3.10. The Labute approximate surface area is 143 Å². The molecular formula is C18H14N6O. The van der Waals surface area contributed by atoms with Crippen molar-refractivity contribution in [3.05, 3.63) is 66.1 Å². The number of nitrogens with zero attached hydrogens (tertiary/aromatic N) is 4. The third kappa shape index (κ3) is 2.94. The van der Waals surface area contributed by atoms with E-state index in [9.17, 15) is 4.79 Å². The molecule has 0 spiro atoms. The van der Waals surface area contributed by atoms with E-state index in [0.29, 0.717) is 11.4 Å². The van der Waals surface area contributed by atoms with Crippen LogP contribution < -0.4 is 5.32 Å². The fourth-order valence-corrected chi connectivity index (χ4v) is 2.62. The van der Waals surface area contributed by atoms with E-state index < -0.39 is 0 Å². The normalized spacial score (nSPS) is 10.8. The smallest absolute Gasteiger partial charge is 0.258 e. The molecule has 2 N–H and O–H groups in total. The van der Waals surface area contributed by atoms with E-state index in [2.05, 4.69) is 30.5 Å². The van der Waals surface area contributed by atoms with Gasteiger partial charge in [0.1, 0.15) is 0 Å². The van der Waals surface area contributed by atoms with Gasteiger partial charge < -0.3 is 0 Å². The Morgan fingerprint density at radius 1 is 1.08 bits per heavy atom. The highest BCUT2D eigenvalue weighted by atomic mass is 16.1. The molecular weight excluding hydrogens is 316 g/mol. The number of amides is 1. The molecule has 25 heavy (non-hydrogen) atoms. The van der Waals surface area contributed by atoms with Crippen LogP contribution in [-0.2, 0) is 0 Å². The van der Waals surface area contributed by atoms with Gasteiger partial charge in [-0.05, 0) is 31.2 Å². The summed E-state index contributed by atoms with van der Waals surface area (Å²) in [6.07, 6.45) is 3.34. The minimum Gasteiger partial charge on any atom is -0.289 e. The number of H-pyrrole nitrogens is 1. The Kier molecular flexibility index (Phi) is 3.66. The highest BCUT2D eigenvalue weighted by molar-refractivity contribution is 6.11. The number of carbonyl (C=O) groups is 1. The number of aromatic amines is 1. The largest absolute Gasteiger partial charge is 0.289 e. The summed E-state index contributed by atoms with van der Waals surface area (Å²) in [7, 11) is 0. The highest BCUT2D eigenvalue weighted by Crippen LogP contribution is 2.20. The molecule has 7 heteroatoms. The second-order valence-corrected chi connectivity index (χ2v) is 5.53. The number of benzene rings is 1. The number of nitrogens with one attached hydrogen (secondary N) is 2. The summed E-state index contributed by atoms with van der Waals surface area (Å²) in [6.45, 7) is 1.86. The number of para-hydroxylation sites is 1. The Morgan fingerprint density at radius 3 is 2.72 bits per heavy atom. The Bertz CT molecular complexity index is 1060. The molecule has 0 aliphatic heterocycles. The minimum absolute atomic E-state index is 0.218. The van der Waals surface area contributed by atoms with Crippen molar-refractivity contribution < 1.29 is 4.79 Å². The maximum Gasteiger partial charge on any atom is 0.258 e. The third-order valence-electron chi connectivity index (χ3n) is 3.75. The Balaban J connectivity index is 1.64. The summed E-state index contributed by atoms with van der Waals surface area (Å²) in [4.78, 5) is 25.4. The quantitative estimate of drug-likeness (QED) is 0.602. The Morgan fingerprint density at radius 2 is 1.88 bits per heavy atom. The number of hydrogen-bond acceptors (Lipinski definition) is 5. The van der Waals surface area contributed by atoms with E-state index >= 15 is 0 Å². The van der Waals surface area contributed by atoms with Crippen LogP contribution in [0.15, 0.2) is 54.9 Å². The van der Waals surface area contributed by atoms with Gasteiger partial charge in [0.15, 0.2) is 5.82 Å². The van der Waals surface area contributed by atoms with Crippen LogP contribution in [0.2, 0.25) is 0 Å². The fraction of sp³-hybridized carbons (Fsp3) is 0.0556. The van der Waals surface area contributed by atoms with E-state index in [1.54, 1.807) is 18.5 Å². The molecule has 0 bridgehead atoms. The SMILES string of the molecule is Cc1cc(C(=O)Nc2n[nH]c(-c3ccncc3)n2)c2ccccc2n1. The van der Waals surface area contributed by atoms with Gasteiger partial charge in [-0.1, -0.05) is 18.2 Å². The molecule has 4 rings (SSSR count). The number of carbonyl (C=O) groups excluding carboxylic acids is 1. The second kappa shape index (κ2) is 6.12. The molecule has 1 amide bonds. The zero-order valence-electron chi connectivity index (χ0n) is 13.4. The molecule has 122 valence electrons. The summed E-state index contributed by atoms with van der Waals surface area (Å²) in [5.41, 5.74) is 2.93. The molecule has 0 saturated heterocycles. The molecule has 0 saturated carbocycles. The molecule has 4 aromatic rings. The minimum atomic E-state index is -0.276. The van der Waals surface area contributed by atoms with E-state index in [1.165, 1.54) is 0 Å². The van der Waals surface area contributed by atoms with Gasteiger partial charge in [0.05, 0.1) is 11.1 Å². The first-order valence-corrected chi connectivity index (χ1v) is 7.71. The topological polar surface area (TPSA) is 96.5 Å². The van der Waals surface area contributed by atoms with Gasteiger partial charge in [-0.15, -0.1) is 5.10 Å². The van der Waals surface area contributed by atoms with Crippen LogP contribution in [0.3, 0.4) is 0 Å². The zero-order valence-corrected chi connectivity index (χ0v) is 13.4. The number of anilines is 1. The van der Waals surface area contributed by atoms with Crippen LogP contribution in [0.4, 0.5) is 5.95 Å². The molecule has 3 heterocycles. The van der Waals surface area contributed by atoms with Gasteiger partial charge in [0.2, 0.25) is 5.95 Å². The maximum absolute atomic E-state index is 12.7. The van der Waals surface area contributed by atoms with Gasteiger partial charge in [0, 0.05) is 29.0 Å². The van der Waals surface area contributed by atoms with Crippen LogP contribution in [0.1, 0.15) is 16.1 Å². The van der Waals surface area contributed by atoms with Gasteiger partial charge in [-0.3, -0.25) is 25.2 Å². The van der Waals surface area contributed by atoms with E-state index in [1.807, 2.05) is 43.3 Å². The summed E-state index contributed by atoms with van der Waals surface area (Å²) < 4.78 is 0. The molecule has 0 aliphatic rings.